The third-order valence-corrected chi connectivity index (χ3v) is 2.87. The van der Waals surface area contributed by atoms with E-state index in [0.29, 0.717) is 17.3 Å². The van der Waals surface area contributed by atoms with Crippen molar-refractivity contribution in [3.05, 3.63) is 42.4 Å². The van der Waals surface area contributed by atoms with E-state index in [-0.39, 0.29) is 6.61 Å². The van der Waals surface area contributed by atoms with Gasteiger partial charge in [0.05, 0.1) is 24.7 Å². The van der Waals surface area contributed by atoms with E-state index in [2.05, 4.69) is 9.97 Å². The Morgan fingerprint density at radius 1 is 1.18 bits per heavy atom. The number of aromatic nitrogens is 2. The number of nitrogens with zero attached hydrogens (tertiary/aromatic N) is 2. The van der Waals surface area contributed by atoms with Crippen molar-refractivity contribution in [1.29, 1.82) is 0 Å². The van der Waals surface area contributed by atoms with Crippen molar-refractivity contribution < 1.29 is 9.84 Å². The lowest BCUT2D eigenvalue weighted by atomic mass is 10.3. The van der Waals surface area contributed by atoms with Gasteiger partial charge in [-0.3, -0.25) is 4.98 Å². The van der Waals surface area contributed by atoms with Gasteiger partial charge < -0.3 is 9.84 Å². The monoisotopic (exact) mass is 248 g/mol. The topological polar surface area (TPSA) is 55.2 Å². The Hall–Kier alpha value is -1.59. The maximum absolute atomic E-state index is 8.83. The van der Waals surface area contributed by atoms with Crippen LogP contribution in [0.25, 0.3) is 0 Å². The van der Waals surface area contributed by atoms with Crippen molar-refractivity contribution in [3.8, 4) is 11.6 Å². The van der Waals surface area contributed by atoms with E-state index in [1.165, 1.54) is 17.3 Å². The number of hydrogen-bond acceptors (Lipinski definition) is 5. The summed E-state index contributed by atoms with van der Waals surface area (Å²) in [5.41, 5.74) is 0.523. The Balaban J connectivity index is 2.08. The molecule has 1 aromatic carbocycles. The first kappa shape index (κ1) is 11.9. The van der Waals surface area contributed by atoms with Crippen LogP contribution in [0.15, 0.2) is 41.6 Å². The number of aliphatic hydroxyl groups excluding tert-OH is 1. The minimum absolute atomic E-state index is 0.115. The van der Waals surface area contributed by atoms with Gasteiger partial charge in [-0.05, 0) is 30.5 Å². The molecule has 0 saturated carbocycles. The van der Waals surface area contributed by atoms with Gasteiger partial charge in [-0.25, -0.2) is 4.98 Å². The van der Waals surface area contributed by atoms with Crippen LogP contribution in [0.3, 0.4) is 0 Å². The highest BCUT2D eigenvalue weighted by Gasteiger charge is 2.00. The molecular weight excluding hydrogens is 236 g/mol. The fourth-order valence-corrected chi connectivity index (χ4v) is 1.65. The largest absolute Gasteiger partial charge is 0.438 e. The van der Waals surface area contributed by atoms with E-state index in [4.69, 9.17) is 9.84 Å². The number of aliphatic hydroxyl groups is 1. The fraction of sp³-hybridized carbons (Fsp3) is 0.167. The Bertz CT molecular complexity index is 425. The second-order valence-corrected chi connectivity index (χ2v) is 4.16. The lowest BCUT2D eigenvalue weighted by Gasteiger charge is -2.05. The molecule has 5 heteroatoms. The summed E-state index contributed by atoms with van der Waals surface area (Å²) in [7, 11) is 0. The van der Waals surface area contributed by atoms with Crippen molar-refractivity contribution in [3.63, 3.8) is 0 Å². The highest BCUT2D eigenvalue weighted by atomic mass is 32.2. The Morgan fingerprint density at radius 3 is 2.47 bits per heavy atom. The van der Waals surface area contributed by atoms with Gasteiger partial charge in [0.25, 0.3) is 0 Å². The van der Waals surface area contributed by atoms with E-state index < -0.39 is 0 Å². The Morgan fingerprint density at radius 2 is 1.94 bits per heavy atom. The molecule has 0 aliphatic rings. The van der Waals surface area contributed by atoms with Crippen LogP contribution in [0.5, 0.6) is 11.6 Å². The molecule has 2 aromatic rings. The Kier molecular flexibility index (Phi) is 3.95. The molecule has 1 N–H and O–H groups in total. The molecule has 0 spiro atoms. The van der Waals surface area contributed by atoms with Gasteiger partial charge in [-0.15, -0.1) is 11.8 Å². The summed E-state index contributed by atoms with van der Waals surface area (Å²) in [6, 6.07) is 7.73. The van der Waals surface area contributed by atoms with Crippen LogP contribution in [-0.2, 0) is 6.61 Å². The summed E-state index contributed by atoms with van der Waals surface area (Å²) in [4.78, 5) is 9.20. The lowest BCUT2D eigenvalue weighted by Crippen LogP contribution is -1.93. The number of thioether (sulfide) groups is 1. The molecule has 1 aromatic heterocycles. The Labute approximate surface area is 104 Å². The van der Waals surface area contributed by atoms with Crippen molar-refractivity contribution in [2.45, 2.75) is 11.5 Å². The molecule has 17 heavy (non-hydrogen) atoms. The van der Waals surface area contributed by atoms with Crippen molar-refractivity contribution in [1.82, 2.24) is 9.97 Å². The van der Waals surface area contributed by atoms with Gasteiger partial charge in [-0.1, -0.05) is 0 Å². The molecule has 0 aliphatic heterocycles. The van der Waals surface area contributed by atoms with Crippen LogP contribution >= 0.6 is 11.8 Å². The molecule has 0 fully saturated rings. The number of rotatable bonds is 4. The first-order valence-corrected chi connectivity index (χ1v) is 6.28. The van der Waals surface area contributed by atoms with E-state index in [9.17, 15) is 0 Å². The number of ether oxygens (including phenoxy) is 1. The van der Waals surface area contributed by atoms with E-state index in [1.54, 1.807) is 11.8 Å². The summed E-state index contributed by atoms with van der Waals surface area (Å²) >= 11 is 1.68. The fourth-order valence-electron chi connectivity index (χ4n) is 1.24. The average molecular weight is 248 g/mol. The van der Waals surface area contributed by atoms with Gasteiger partial charge in [0.15, 0.2) is 0 Å². The van der Waals surface area contributed by atoms with Crippen molar-refractivity contribution in [2.24, 2.45) is 0 Å². The molecule has 0 radical (unpaired) electrons. The van der Waals surface area contributed by atoms with Gasteiger partial charge in [0.1, 0.15) is 5.75 Å². The van der Waals surface area contributed by atoms with Crippen LogP contribution in [0.4, 0.5) is 0 Å². The number of hydrogen-bond donors (Lipinski definition) is 1. The lowest BCUT2D eigenvalue weighted by molar-refractivity contribution is 0.276. The quantitative estimate of drug-likeness (QED) is 0.842. The molecule has 1 heterocycles. The number of benzene rings is 1. The van der Waals surface area contributed by atoms with Gasteiger partial charge in [-0.2, -0.15) is 0 Å². The summed E-state index contributed by atoms with van der Waals surface area (Å²) < 4.78 is 5.51. The van der Waals surface area contributed by atoms with Crippen LogP contribution in [0, 0.1) is 0 Å². The molecule has 0 unspecified atom stereocenters. The predicted molar refractivity (Wildman–Crippen MR) is 66.3 cm³/mol. The SMILES string of the molecule is CSc1ccc(Oc2cnc(CO)cn2)cc1. The first-order chi connectivity index (χ1) is 8.31. The maximum atomic E-state index is 8.83. The highest BCUT2D eigenvalue weighted by Crippen LogP contribution is 2.22. The molecule has 0 amide bonds. The van der Waals surface area contributed by atoms with Crippen LogP contribution in [-0.4, -0.2) is 21.3 Å². The van der Waals surface area contributed by atoms with Crippen molar-refractivity contribution in [2.75, 3.05) is 6.26 Å². The van der Waals surface area contributed by atoms with Crippen LogP contribution < -0.4 is 4.74 Å². The molecule has 88 valence electrons. The molecule has 0 bridgehead atoms. The minimum Gasteiger partial charge on any atom is -0.438 e. The first-order valence-electron chi connectivity index (χ1n) is 5.05. The average Bonchev–Trinajstić information content (AvgIpc) is 2.40. The molecule has 0 saturated heterocycles. The second-order valence-electron chi connectivity index (χ2n) is 3.28. The second kappa shape index (κ2) is 5.65. The van der Waals surface area contributed by atoms with Crippen molar-refractivity contribution >= 4 is 11.8 Å². The molecule has 2 rings (SSSR count). The zero-order valence-electron chi connectivity index (χ0n) is 9.33. The van der Waals surface area contributed by atoms with E-state index in [0.717, 1.165) is 0 Å². The molecule has 0 atom stereocenters. The third kappa shape index (κ3) is 3.18. The molecular formula is C12H12N2O2S. The summed E-state index contributed by atoms with van der Waals surface area (Å²) in [5.74, 6) is 1.13. The zero-order valence-corrected chi connectivity index (χ0v) is 10.1. The van der Waals surface area contributed by atoms with Gasteiger partial charge in [0, 0.05) is 4.90 Å². The standard InChI is InChI=1S/C12H12N2O2S/c1-17-11-4-2-10(3-5-11)16-12-7-13-9(8-15)6-14-12/h2-7,15H,8H2,1H3. The predicted octanol–water partition coefficient (Wildman–Crippen LogP) is 2.48. The highest BCUT2D eigenvalue weighted by molar-refractivity contribution is 7.98. The molecule has 0 aliphatic carbocycles. The smallest absolute Gasteiger partial charge is 0.237 e. The van der Waals surface area contributed by atoms with Gasteiger partial charge >= 0.3 is 0 Å². The summed E-state index contributed by atoms with van der Waals surface area (Å²) in [5, 5.41) is 8.83. The summed E-state index contributed by atoms with van der Waals surface area (Å²) in [6.45, 7) is -0.115. The summed E-state index contributed by atoms with van der Waals surface area (Å²) in [6.07, 6.45) is 5.01. The van der Waals surface area contributed by atoms with Crippen LogP contribution in [0.2, 0.25) is 0 Å². The zero-order chi connectivity index (χ0) is 12.1. The van der Waals surface area contributed by atoms with E-state index >= 15 is 0 Å². The maximum Gasteiger partial charge on any atom is 0.237 e. The minimum atomic E-state index is -0.115. The van der Waals surface area contributed by atoms with Gasteiger partial charge in [0.2, 0.25) is 5.88 Å². The molecule has 4 nitrogen and oxygen atoms in total. The van der Waals surface area contributed by atoms with Crippen LogP contribution in [0.1, 0.15) is 5.69 Å². The normalized spacial score (nSPS) is 10.2. The van der Waals surface area contributed by atoms with E-state index in [1.807, 2.05) is 30.5 Å². The third-order valence-electron chi connectivity index (χ3n) is 2.13.